The van der Waals surface area contributed by atoms with Crippen LogP contribution in [0.25, 0.3) is 0 Å². The van der Waals surface area contributed by atoms with Crippen LogP contribution in [-0.4, -0.2) is 10.5 Å². The molecule has 0 aromatic carbocycles. The van der Waals surface area contributed by atoms with Crippen LogP contribution in [0.4, 0.5) is 0 Å². The van der Waals surface area contributed by atoms with Crippen molar-refractivity contribution in [1.29, 1.82) is 0 Å². The van der Waals surface area contributed by atoms with Crippen molar-refractivity contribution in [2.45, 2.75) is 39.5 Å². The summed E-state index contributed by atoms with van der Waals surface area (Å²) >= 11 is 10.7. The summed E-state index contributed by atoms with van der Waals surface area (Å²) in [5.41, 5.74) is 0. The summed E-state index contributed by atoms with van der Waals surface area (Å²) in [5.74, 6) is 0.348. The highest BCUT2D eigenvalue weighted by atomic mass is 35.5. The summed E-state index contributed by atoms with van der Waals surface area (Å²) in [6.07, 6.45) is 2.36. The molecule has 2 unspecified atom stereocenters. The summed E-state index contributed by atoms with van der Waals surface area (Å²) in [7, 11) is 0. The molecule has 82 valence electrons. The molecule has 2 nitrogen and oxygen atoms in total. The third-order valence-electron chi connectivity index (χ3n) is 2.56. The van der Waals surface area contributed by atoms with Crippen LogP contribution in [-0.2, 0) is 9.59 Å². The van der Waals surface area contributed by atoms with E-state index in [0.29, 0.717) is 12.8 Å². The standard InChI is InChI=1S/C10H16Cl2O2/c1-3-7(5-9(11)13)8(4-2)6-10(12)14/h7-8H,3-6H2,1-2H3. The van der Waals surface area contributed by atoms with Gasteiger partial charge in [-0.3, -0.25) is 9.59 Å². The largest absolute Gasteiger partial charge is 0.281 e. The number of rotatable bonds is 7. The minimum absolute atomic E-state index is 0.174. The van der Waals surface area contributed by atoms with Crippen molar-refractivity contribution in [1.82, 2.24) is 0 Å². The van der Waals surface area contributed by atoms with E-state index in [1.54, 1.807) is 0 Å². The second kappa shape index (κ2) is 7.24. The first-order chi connectivity index (χ1) is 6.51. The Balaban J connectivity index is 4.28. The van der Waals surface area contributed by atoms with E-state index in [-0.39, 0.29) is 22.3 Å². The summed E-state index contributed by atoms with van der Waals surface area (Å²) < 4.78 is 0. The maximum atomic E-state index is 10.8. The maximum absolute atomic E-state index is 10.8. The molecule has 0 rings (SSSR count). The molecular weight excluding hydrogens is 223 g/mol. The zero-order chi connectivity index (χ0) is 11.1. The van der Waals surface area contributed by atoms with Crippen LogP contribution < -0.4 is 0 Å². The summed E-state index contributed by atoms with van der Waals surface area (Å²) in [6, 6.07) is 0. The van der Waals surface area contributed by atoms with Crippen LogP contribution in [0.2, 0.25) is 0 Å². The van der Waals surface area contributed by atoms with Gasteiger partial charge >= 0.3 is 0 Å². The van der Waals surface area contributed by atoms with Crippen molar-refractivity contribution in [3.8, 4) is 0 Å². The van der Waals surface area contributed by atoms with Crippen LogP contribution in [0, 0.1) is 11.8 Å². The van der Waals surface area contributed by atoms with E-state index in [2.05, 4.69) is 0 Å². The molecule has 0 amide bonds. The summed E-state index contributed by atoms with van der Waals surface area (Å²) in [5, 5.41) is -0.672. The summed E-state index contributed by atoms with van der Waals surface area (Å²) in [4.78, 5) is 21.5. The van der Waals surface area contributed by atoms with E-state index in [9.17, 15) is 9.59 Å². The zero-order valence-corrected chi connectivity index (χ0v) is 10.1. The van der Waals surface area contributed by atoms with Gasteiger partial charge in [-0.1, -0.05) is 26.7 Å². The molecular formula is C10H16Cl2O2. The Morgan fingerprint density at radius 1 is 0.929 bits per heavy atom. The lowest BCUT2D eigenvalue weighted by atomic mass is 9.84. The van der Waals surface area contributed by atoms with Gasteiger partial charge in [0.2, 0.25) is 10.5 Å². The van der Waals surface area contributed by atoms with Gasteiger partial charge in [0.25, 0.3) is 0 Å². The molecule has 0 aromatic heterocycles. The molecule has 0 spiro atoms. The molecule has 0 aromatic rings. The molecule has 0 aliphatic rings. The fourth-order valence-electron chi connectivity index (χ4n) is 1.70. The number of halogens is 2. The molecule has 0 bridgehead atoms. The Bertz CT molecular complexity index is 182. The number of carbonyl (C=O) groups is 2. The van der Waals surface area contributed by atoms with Crippen molar-refractivity contribution < 1.29 is 9.59 Å². The Labute approximate surface area is 95.0 Å². The molecule has 0 aliphatic carbocycles. The smallest absolute Gasteiger partial charge is 0.221 e. The zero-order valence-electron chi connectivity index (χ0n) is 8.56. The Kier molecular flexibility index (Phi) is 7.20. The molecule has 4 heteroatoms. The predicted octanol–water partition coefficient (Wildman–Crippen LogP) is 3.35. The van der Waals surface area contributed by atoms with E-state index < -0.39 is 0 Å². The van der Waals surface area contributed by atoms with Gasteiger partial charge in [0.15, 0.2) is 0 Å². The number of hydrogen-bond donors (Lipinski definition) is 0. The van der Waals surface area contributed by atoms with Crippen molar-refractivity contribution in [3.05, 3.63) is 0 Å². The minimum atomic E-state index is -0.336. The molecule has 0 saturated carbocycles. The molecule has 0 aliphatic heterocycles. The van der Waals surface area contributed by atoms with E-state index in [1.165, 1.54) is 0 Å². The van der Waals surface area contributed by atoms with E-state index >= 15 is 0 Å². The number of carbonyl (C=O) groups excluding carboxylic acids is 2. The Hall–Kier alpha value is -0.0800. The van der Waals surface area contributed by atoms with Crippen molar-refractivity contribution in [2.24, 2.45) is 11.8 Å². The van der Waals surface area contributed by atoms with Gasteiger partial charge in [0, 0.05) is 12.8 Å². The fraction of sp³-hybridized carbons (Fsp3) is 0.800. The molecule has 0 N–H and O–H groups in total. The van der Waals surface area contributed by atoms with E-state index in [1.807, 2.05) is 13.8 Å². The highest BCUT2D eigenvalue weighted by molar-refractivity contribution is 6.63. The fourth-order valence-corrected chi connectivity index (χ4v) is 2.10. The van der Waals surface area contributed by atoms with Crippen LogP contribution >= 0.6 is 23.2 Å². The first-order valence-electron chi connectivity index (χ1n) is 4.87. The van der Waals surface area contributed by atoms with Crippen molar-refractivity contribution in [2.75, 3.05) is 0 Å². The Morgan fingerprint density at radius 3 is 1.36 bits per heavy atom. The topological polar surface area (TPSA) is 34.1 Å². The quantitative estimate of drug-likeness (QED) is 0.638. The Morgan fingerprint density at radius 2 is 1.21 bits per heavy atom. The normalized spacial score (nSPS) is 14.9. The second-order valence-electron chi connectivity index (χ2n) is 3.46. The minimum Gasteiger partial charge on any atom is -0.281 e. The lowest BCUT2D eigenvalue weighted by Crippen LogP contribution is -2.17. The molecule has 14 heavy (non-hydrogen) atoms. The maximum Gasteiger partial charge on any atom is 0.221 e. The van der Waals surface area contributed by atoms with Gasteiger partial charge in [0.05, 0.1) is 0 Å². The van der Waals surface area contributed by atoms with Crippen LogP contribution in [0.15, 0.2) is 0 Å². The lowest BCUT2D eigenvalue weighted by Gasteiger charge is -2.22. The highest BCUT2D eigenvalue weighted by Gasteiger charge is 2.22. The molecule has 0 heterocycles. The molecule has 0 radical (unpaired) electrons. The van der Waals surface area contributed by atoms with Gasteiger partial charge in [-0.25, -0.2) is 0 Å². The third-order valence-corrected chi connectivity index (χ3v) is 2.87. The van der Waals surface area contributed by atoms with Crippen LogP contribution in [0.1, 0.15) is 39.5 Å². The van der Waals surface area contributed by atoms with Gasteiger partial charge in [-0.2, -0.15) is 0 Å². The predicted molar refractivity (Wildman–Crippen MR) is 58.5 cm³/mol. The van der Waals surface area contributed by atoms with Gasteiger partial charge < -0.3 is 0 Å². The average Bonchev–Trinajstić information content (AvgIpc) is 2.10. The molecule has 2 atom stereocenters. The third kappa shape index (κ3) is 5.61. The highest BCUT2D eigenvalue weighted by Crippen LogP contribution is 2.27. The van der Waals surface area contributed by atoms with E-state index in [0.717, 1.165) is 12.8 Å². The lowest BCUT2D eigenvalue weighted by molar-refractivity contribution is -0.115. The second-order valence-corrected chi connectivity index (χ2v) is 4.30. The van der Waals surface area contributed by atoms with Gasteiger partial charge in [0.1, 0.15) is 0 Å². The average molecular weight is 239 g/mol. The SMILES string of the molecule is CCC(CC(=O)Cl)C(CC)CC(=O)Cl. The van der Waals surface area contributed by atoms with Gasteiger partial charge in [-0.05, 0) is 35.0 Å². The van der Waals surface area contributed by atoms with E-state index in [4.69, 9.17) is 23.2 Å². The monoisotopic (exact) mass is 238 g/mol. The van der Waals surface area contributed by atoms with Crippen LogP contribution in [0.3, 0.4) is 0 Å². The molecule has 0 saturated heterocycles. The number of hydrogen-bond acceptors (Lipinski definition) is 2. The van der Waals surface area contributed by atoms with Crippen molar-refractivity contribution in [3.63, 3.8) is 0 Å². The van der Waals surface area contributed by atoms with Crippen LogP contribution in [0.5, 0.6) is 0 Å². The first-order valence-corrected chi connectivity index (χ1v) is 5.63. The molecule has 0 fully saturated rings. The summed E-state index contributed by atoms with van der Waals surface area (Å²) in [6.45, 7) is 3.98. The first kappa shape index (κ1) is 13.9. The van der Waals surface area contributed by atoms with Gasteiger partial charge in [-0.15, -0.1) is 0 Å². The van der Waals surface area contributed by atoms with Crippen molar-refractivity contribution >= 4 is 33.7 Å².